The maximum absolute atomic E-state index is 10.6. The third-order valence-corrected chi connectivity index (χ3v) is 4.18. The molecule has 92 valence electrons. The number of hydrogen-bond donors (Lipinski definition) is 1. The lowest BCUT2D eigenvalue weighted by Gasteiger charge is -2.27. The highest BCUT2D eigenvalue weighted by molar-refractivity contribution is 5.66. The van der Waals surface area contributed by atoms with E-state index < -0.39 is 5.97 Å². The van der Waals surface area contributed by atoms with E-state index in [1.165, 1.54) is 19.3 Å². The van der Waals surface area contributed by atoms with E-state index in [0.29, 0.717) is 12.0 Å². The van der Waals surface area contributed by atoms with Crippen LogP contribution in [-0.4, -0.2) is 49.3 Å². The molecule has 0 aromatic rings. The van der Waals surface area contributed by atoms with Gasteiger partial charge in [0.2, 0.25) is 0 Å². The lowest BCUT2D eigenvalue weighted by atomic mass is 9.82. The smallest absolute Gasteiger partial charge is 0.304 e. The molecule has 1 saturated carbocycles. The van der Waals surface area contributed by atoms with Crippen molar-refractivity contribution in [1.82, 2.24) is 4.90 Å². The maximum atomic E-state index is 10.6. The van der Waals surface area contributed by atoms with Crippen molar-refractivity contribution in [2.75, 3.05) is 33.4 Å². The standard InChI is InChI=1S/C12H21NO3/c1-16-9-12-5-2-3-10(12)7-13(8-12)6-4-11(14)15/h10H,2-9H2,1H3,(H,14,15)/t10-,12-/m0/s1. The summed E-state index contributed by atoms with van der Waals surface area (Å²) in [5, 5.41) is 8.69. The van der Waals surface area contributed by atoms with Crippen LogP contribution in [0.25, 0.3) is 0 Å². The number of ether oxygens (including phenoxy) is 1. The average Bonchev–Trinajstić information content (AvgIpc) is 2.71. The Bertz CT molecular complexity index is 269. The normalized spacial score (nSPS) is 34.2. The van der Waals surface area contributed by atoms with Gasteiger partial charge in [-0.1, -0.05) is 6.42 Å². The van der Waals surface area contributed by atoms with E-state index in [4.69, 9.17) is 9.84 Å². The Morgan fingerprint density at radius 2 is 2.44 bits per heavy atom. The van der Waals surface area contributed by atoms with Crippen molar-refractivity contribution in [3.63, 3.8) is 0 Å². The van der Waals surface area contributed by atoms with Crippen LogP contribution >= 0.6 is 0 Å². The largest absolute Gasteiger partial charge is 0.481 e. The third-order valence-electron chi connectivity index (χ3n) is 4.18. The monoisotopic (exact) mass is 227 g/mol. The van der Waals surface area contributed by atoms with Gasteiger partial charge in [0.15, 0.2) is 0 Å². The van der Waals surface area contributed by atoms with Gasteiger partial charge in [0.05, 0.1) is 13.0 Å². The first-order valence-corrected chi connectivity index (χ1v) is 6.09. The summed E-state index contributed by atoms with van der Waals surface area (Å²) < 4.78 is 5.36. The molecule has 1 heterocycles. The zero-order valence-corrected chi connectivity index (χ0v) is 9.95. The molecule has 2 fully saturated rings. The van der Waals surface area contributed by atoms with Crippen LogP contribution in [0, 0.1) is 11.3 Å². The molecule has 0 aromatic carbocycles. The fourth-order valence-electron chi connectivity index (χ4n) is 3.47. The fourth-order valence-corrected chi connectivity index (χ4v) is 3.47. The first kappa shape index (κ1) is 11.9. The van der Waals surface area contributed by atoms with Gasteiger partial charge < -0.3 is 14.7 Å². The van der Waals surface area contributed by atoms with E-state index in [0.717, 1.165) is 25.6 Å². The van der Waals surface area contributed by atoms with Crippen molar-refractivity contribution in [2.45, 2.75) is 25.7 Å². The molecular formula is C12H21NO3. The molecule has 0 radical (unpaired) electrons. The molecule has 0 aromatic heterocycles. The van der Waals surface area contributed by atoms with Crippen molar-refractivity contribution in [3.8, 4) is 0 Å². The summed E-state index contributed by atoms with van der Waals surface area (Å²) in [6.07, 6.45) is 4.10. The van der Waals surface area contributed by atoms with Gasteiger partial charge in [-0.25, -0.2) is 0 Å². The average molecular weight is 227 g/mol. The SMILES string of the molecule is COC[C@@]12CCC[C@H]1CN(CCC(=O)O)C2. The molecule has 0 bridgehead atoms. The van der Waals surface area contributed by atoms with Gasteiger partial charge in [-0.15, -0.1) is 0 Å². The van der Waals surface area contributed by atoms with Gasteiger partial charge in [-0.2, -0.15) is 0 Å². The van der Waals surface area contributed by atoms with Crippen molar-refractivity contribution >= 4 is 5.97 Å². The van der Waals surface area contributed by atoms with Crippen molar-refractivity contribution < 1.29 is 14.6 Å². The number of likely N-dealkylation sites (tertiary alicyclic amines) is 1. The van der Waals surface area contributed by atoms with Crippen molar-refractivity contribution in [2.24, 2.45) is 11.3 Å². The Balaban J connectivity index is 1.91. The number of aliphatic carboxylic acids is 1. The second-order valence-corrected chi connectivity index (χ2v) is 5.26. The molecule has 16 heavy (non-hydrogen) atoms. The van der Waals surface area contributed by atoms with Gasteiger partial charge >= 0.3 is 5.97 Å². The second-order valence-electron chi connectivity index (χ2n) is 5.26. The fraction of sp³-hybridized carbons (Fsp3) is 0.917. The molecule has 4 nitrogen and oxygen atoms in total. The van der Waals surface area contributed by atoms with Crippen LogP contribution in [0.1, 0.15) is 25.7 Å². The minimum Gasteiger partial charge on any atom is -0.481 e. The van der Waals surface area contributed by atoms with E-state index in [1.54, 1.807) is 7.11 Å². The van der Waals surface area contributed by atoms with Crippen LogP contribution in [0.3, 0.4) is 0 Å². The van der Waals surface area contributed by atoms with E-state index in [9.17, 15) is 4.79 Å². The first-order valence-electron chi connectivity index (χ1n) is 6.09. The van der Waals surface area contributed by atoms with Gasteiger partial charge in [0, 0.05) is 32.2 Å². The first-order chi connectivity index (χ1) is 7.66. The number of hydrogen-bond acceptors (Lipinski definition) is 3. The Morgan fingerprint density at radius 1 is 1.62 bits per heavy atom. The topological polar surface area (TPSA) is 49.8 Å². The molecule has 2 aliphatic rings. The highest BCUT2D eigenvalue weighted by atomic mass is 16.5. The Labute approximate surface area is 96.6 Å². The lowest BCUT2D eigenvalue weighted by Crippen LogP contribution is -2.32. The zero-order chi connectivity index (χ0) is 11.6. The van der Waals surface area contributed by atoms with Crippen molar-refractivity contribution in [3.05, 3.63) is 0 Å². The number of rotatable bonds is 5. The summed E-state index contributed by atoms with van der Waals surface area (Å²) in [6, 6.07) is 0. The lowest BCUT2D eigenvalue weighted by molar-refractivity contribution is -0.137. The van der Waals surface area contributed by atoms with E-state index >= 15 is 0 Å². The van der Waals surface area contributed by atoms with Crippen LogP contribution < -0.4 is 0 Å². The Morgan fingerprint density at radius 3 is 3.12 bits per heavy atom. The van der Waals surface area contributed by atoms with E-state index in [-0.39, 0.29) is 6.42 Å². The van der Waals surface area contributed by atoms with Gasteiger partial charge in [-0.3, -0.25) is 4.79 Å². The molecule has 1 saturated heterocycles. The summed E-state index contributed by atoms with van der Waals surface area (Å²) in [7, 11) is 1.77. The number of carboxylic acids is 1. The highest BCUT2D eigenvalue weighted by Crippen LogP contribution is 2.48. The van der Waals surface area contributed by atoms with E-state index in [1.807, 2.05) is 0 Å². The molecule has 0 unspecified atom stereocenters. The number of methoxy groups -OCH3 is 1. The van der Waals surface area contributed by atoms with Gasteiger partial charge in [0.25, 0.3) is 0 Å². The molecular weight excluding hydrogens is 206 g/mol. The van der Waals surface area contributed by atoms with Gasteiger partial charge in [-0.05, 0) is 18.8 Å². The summed E-state index contributed by atoms with van der Waals surface area (Å²) in [5.41, 5.74) is 0.327. The molecule has 1 aliphatic carbocycles. The molecule has 0 amide bonds. The summed E-state index contributed by atoms with van der Waals surface area (Å²) >= 11 is 0. The van der Waals surface area contributed by atoms with Gasteiger partial charge in [0.1, 0.15) is 0 Å². The quantitative estimate of drug-likeness (QED) is 0.767. The molecule has 2 atom stereocenters. The number of carboxylic acid groups (broad SMARTS) is 1. The zero-order valence-electron chi connectivity index (χ0n) is 9.95. The third kappa shape index (κ3) is 2.23. The van der Waals surface area contributed by atoms with Crippen LogP contribution in [0.15, 0.2) is 0 Å². The molecule has 0 spiro atoms. The minimum absolute atomic E-state index is 0.260. The maximum Gasteiger partial charge on any atom is 0.304 e. The number of nitrogens with zero attached hydrogens (tertiary/aromatic N) is 1. The Hall–Kier alpha value is -0.610. The van der Waals surface area contributed by atoms with Crippen LogP contribution in [0.2, 0.25) is 0 Å². The summed E-state index contributed by atoms with van der Waals surface area (Å²) in [4.78, 5) is 12.9. The molecule has 4 heteroatoms. The van der Waals surface area contributed by atoms with Crippen LogP contribution in [-0.2, 0) is 9.53 Å². The molecule has 2 rings (SSSR count). The van der Waals surface area contributed by atoms with E-state index in [2.05, 4.69) is 4.90 Å². The van der Waals surface area contributed by atoms with Crippen molar-refractivity contribution in [1.29, 1.82) is 0 Å². The number of fused-ring (bicyclic) bond motifs is 1. The van der Waals surface area contributed by atoms with Crippen LogP contribution in [0.4, 0.5) is 0 Å². The molecule has 1 N–H and O–H groups in total. The number of carbonyl (C=O) groups is 1. The molecule has 1 aliphatic heterocycles. The highest BCUT2D eigenvalue weighted by Gasteiger charge is 2.49. The summed E-state index contributed by atoms with van der Waals surface area (Å²) in [5.74, 6) is 0.0269. The predicted octanol–water partition coefficient (Wildman–Crippen LogP) is 1.21. The summed E-state index contributed by atoms with van der Waals surface area (Å²) in [6.45, 7) is 3.62. The predicted molar refractivity (Wildman–Crippen MR) is 60.3 cm³/mol. The van der Waals surface area contributed by atoms with Crippen LogP contribution in [0.5, 0.6) is 0 Å². The second kappa shape index (κ2) is 4.72. The Kier molecular flexibility index (Phi) is 3.50. The minimum atomic E-state index is -0.696.